The normalized spacial score (nSPS) is 16.4. The Balaban J connectivity index is 1.71. The summed E-state index contributed by atoms with van der Waals surface area (Å²) < 4.78 is 76.0. The van der Waals surface area contributed by atoms with Gasteiger partial charge >= 0.3 is 6.18 Å². The molecule has 0 bridgehead atoms. The Morgan fingerprint density at radius 2 is 1.86 bits per heavy atom. The SMILES string of the molecule is CCOC(C)(O)c1cc(NC(=O)C2(c3ccc(C(F)(F)F)cc3F)CC2)cc(F)c1-c1cnn(CC)c1. The number of carbonyl (C=O) groups is 1. The van der Waals surface area contributed by atoms with Gasteiger partial charge in [0.25, 0.3) is 0 Å². The molecule has 1 saturated carbocycles. The minimum absolute atomic E-state index is 0.0253. The zero-order valence-corrected chi connectivity index (χ0v) is 20.4. The van der Waals surface area contributed by atoms with Gasteiger partial charge in [0.05, 0.1) is 17.2 Å². The number of carbonyl (C=O) groups excluding carboxylic acids is 1. The van der Waals surface area contributed by atoms with Gasteiger partial charge in [0.15, 0.2) is 5.79 Å². The molecule has 11 heteroatoms. The van der Waals surface area contributed by atoms with E-state index in [1.807, 2.05) is 6.92 Å². The smallest absolute Gasteiger partial charge is 0.362 e. The Morgan fingerprint density at radius 3 is 2.41 bits per heavy atom. The van der Waals surface area contributed by atoms with Gasteiger partial charge in [-0.2, -0.15) is 18.3 Å². The third-order valence-electron chi connectivity index (χ3n) is 6.52. The Kier molecular flexibility index (Phi) is 6.89. The molecule has 4 rings (SSSR count). The molecule has 2 N–H and O–H groups in total. The average Bonchev–Trinajstić information content (AvgIpc) is 3.48. The Labute approximate surface area is 210 Å². The Hall–Kier alpha value is -3.31. The highest BCUT2D eigenvalue weighted by atomic mass is 19.4. The summed E-state index contributed by atoms with van der Waals surface area (Å²) in [6.07, 6.45) is -1.25. The van der Waals surface area contributed by atoms with Gasteiger partial charge in [-0.25, -0.2) is 8.78 Å². The van der Waals surface area contributed by atoms with E-state index >= 15 is 4.39 Å². The van der Waals surface area contributed by atoms with Crippen molar-refractivity contribution in [3.8, 4) is 11.1 Å². The number of nitrogens with one attached hydrogen (secondary N) is 1. The van der Waals surface area contributed by atoms with Gasteiger partial charge in [0.1, 0.15) is 11.6 Å². The lowest BCUT2D eigenvalue weighted by molar-refractivity contribution is -0.195. The van der Waals surface area contributed by atoms with Crippen molar-refractivity contribution in [3.05, 3.63) is 71.1 Å². The predicted octanol–water partition coefficient (Wildman–Crippen LogP) is 5.74. The van der Waals surface area contributed by atoms with Crippen molar-refractivity contribution in [2.45, 2.75) is 57.5 Å². The standard InChI is InChI=1S/C26H26F5N3O3/c1-4-34-14-15(13-32-34)22-19(24(3,36)37-5-2)11-17(12-21(22)28)33-23(35)25(8-9-25)18-7-6-16(10-20(18)27)26(29,30)31/h6-7,10-14,36H,4-5,8-9H2,1-3H3,(H,33,35). The van der Waals surface area contributed by atoms with Gasteiger partial charge in [-0.1, -0.05) is 6.07 Å². The number of nitrogens with zero attached hydrogens (tertiary/aromatic N) is 2. The zero-order chi connectivity index (χ0) is 27.2. The minimum Gasteiger partial charge on any atom is -0.362 e. The summed E-state index contributed by atoms with van der Waals surface area (Å²) in [5.74, 6) is -4.54. The molecule has 0 saturated heterocycles. The Bertz CT molecular complexity index is 1330. The highest BCUT2D eigenvalue weighted by Gasteiger charge is 2.53. The largest absolute Gasteiger partial charge is 0.416 e. The summed E-state index contributed by atoms with van der Waals surface area (Å²) in [4.78, 5) is 13.2. The number of alkyl halides is 3. The summed E-state index contributed by atoms with van der Waals surface area (Å²) in [6, 6.07) is 4.47. The van der Waals surface area contributed by atoms with E-state index < -0.39 is 40.5 Å². The second-order valence-corrected chi connectivity index (χ2v) is 9.11. The van der Waals surface area contributed by atoms with Gasteiger partial charge in [-0.05, 0) is 57.9 Å². The summed E-state index contributed by atoms with van der Waals surface area (Å²) in [6.45, 7) is 5.49. The maximum absolute atomic E-state index is 15.5. The summed E-state index contributed by atoms with van der Waals surface area (Å²) in [5.41, 5.74) is -2.27. The van der Waals surface area contributed by atoms with Crippen LogP contribution in [0.1, 0.15) is 50.3 Å². The number of halogens is 5. The van der Waals surface area contributed by atoms with Crippen LogP contribution in [0.3, 0.4) is 0 Å². The fraction of sp³-hybridized carbons (Fsp3) is 0.385. The van der Waals surface area contributed by atoms with E-state index in [0.29, 0.717) is 18.2 Å². The monoisotopic (exact) mass is 523 g/mol. The molecule has 0 radical (unpaired) electrons. The van der Waals surface area contributed by atoms with Gasteiger partial charge in [-0.15, -0.1) is 0 Å². The molecule has 1 amide bonds. The third kappa shape index (κ3) is 5.10. The van der Waals surface area contributed by atoms with E-state index in [-0.39, 0.29) is 41.8 Å². The summed E-state index contributed by atoms with van der Waals surface area (Å²) in [5, 5.41) is 17.7. The third-order valence-corrected chi connectivity index (χ3v) is 6.52. The summed E-state index contributed by atoms with van der Waals surface area (Å²) in [7, 11) is 0. The molecular formula is C26H26F5N3O3. The first kappa shape index (κ1) is 26.7. The van der Waals surface area contributed by atoms with Crippen molar-refractivity contribution in [1.82, 2.24) is 9.78 Å². The van der Waals surface area contributed by atoms with Crippen LogP contribution in [0.2, 0.25) is 0 Å². The molecule has 1 fully saturated rings. The molecule has 0 aliphatic heterocycles. The molecule has 1 aliphatic rings. The van der Waals surface area contributed by atoms with Crippen LogP contribution in [0.4, 0.5) is 27.6 Å². The molecule has 3 aromatic rings. The van der Waals surface area contributed by atoms with E-state index in [2.05, 4.69) is 10.4 Å². The highest BCUT2D eigenvalue weighted by Crippen LogP contribution is 2.50. The van der Waals surface area contributed by atoms with Crippen LogP contribution in [0, 0.1) is 11.6 Å². The van der Waals surface area contributed by atoms with Crippen molar-refractivity contribution in [1.29, 1.82) is 0 Å². The number of aromatic nitrogens is 2. The van der Waals surface area contributed by atoms with Crippen molar-refractivity contribution >= 4 is 11.6 Å². The summed E-state index contributed by atoms with van der Waals surface area (Å²) >= 11 is 0. The van der Waals surface area contributed by atoms with Crippen LogP contribution >= 0.6 is 0 Å². The fourth-order valence-corrected chi connectivity index (χ4v) is 4.44. The number of hydrogen-bond acceptors (Lipinski definition) is 4. The highest BCUT2D eigenvalue weighted by molar-refractivity contribution is 6.01. The number of aryl methyl sites for hydroxylation is 1. The van der Waals surface area contributed by atoms with Crippen LogP contribution in [0.5, 0.6) is 0 Å². The molecule has 1 atom stereocenters. The topological polar surface area (TPSA) is 76.4 Å². The molecule has 0 spiro atoms. The van der Waals surface area contributed by atoms with Crippen molar-refractivity contribution < 1.29 is 36.6 Å². The van der Waals surface area contributed by atoms with E-state index in [1.165, 1.54) is 19.2 Å². The number of aliphatic hydroxyl groups is 1. The predicted molar refractivity (Wildman–Crippen MR) is 125 cm³/mol. The van der Waals surface area contributed by atoms with Crippen LogP contribution in [0.25, 0.3) is 11.1 Å². The number of hydrogen-bond donors (Lipinski definition) is 2. The number of benzene rings is 2. The average molecular weight is 524 g/mol. The number of amides is 1. The first-order valence-corrected chi connectivity index (χ1v) is 11.7. The fourth-order valence-electron chi connectivity index (χ4n) is 4.44. The van der Waals surface area contributed by atoms with Crippen molar-refractivity contribution in [3.63, 3.8) is 0 Å². The second-order valence-electron chi connectivity index (χ2n) is 9.11. The van der Waals surface area contributed by atoms with E-state index in [9.17, 15) is 27.5 Å². The molecule has 1 heterocycles. The van der Waals surface area contributed by atoms with Crippen LogP contribution in [-0.2, 0) is 33.5 Å². The van der Waals surface area contributed by atoms with Crippen LogP contribution in [0.15, 0.2) is 42.7 Å². The molecule has 1 aromatic heterocycles. The second kappa shape index (κ2) is 9.53. The molecule has 198 valence electrons. The van der Waals surface area contributed by atoms with Gasteiger partial charge in [0, 0.05) is 47.3 Å². The number of anilines is 1. The van der Waals surface area contributed by atoms with E-state index in [4.69, 9.17) is 4.74 Å². The maximum atomic E-state index is 15.5. The maximum Gasteiger partial charge on any atom is 0.416 e. The quantitative estimate of drug-likeness (QED) is 0.292. The van der Waals surface area contributed by atoms with Crippen molar-refractivity contribution in [2.75, 3.05) is 11.9 Å². The van der Waals surface area contributed by atoms with Gasteiger partial charge in [0.2, 0.25) is 5.91 Å². The molecule has 6 nitrogen and oxygen atoms in total. The lowest BCUT2D eigenvalue weighted by Crippen LogP contribution is -2.30. The van der Waals surface area contributed by atoms with Crippen molar-refractivity contribution in [2.24, 2.45) is 0 Å². The molecular weight excluding hydrogens is 497 g/mol. The molecule has 1 aliphatic carbocycles. The van der Waals surface area contributed by atoms with Crippen LogP contribution in [-0.4, -0.2) is 27.4 Å². The van der Waals surface area contributed by atoms with Crippen LogP contribution < -0.4 is 5.32 Å². The Morgan fingerprint density at radius 1 is 1.16 bits per heavy atom. The molecule has 1 unspecified atom stereocenters. The first-order valence-electron chi connectivity index (χ1n) is 11.7. The van der Waals surface area contributed by atoms with E-state index in [0.717, 1.165) is 18.2 Å². The number of ether oxygens (including phenoxy) is 1. The molecule has 2 aromatic carbocycles. The minimum atomic E-state index is -4.72. The molecule has 37 heavy (non-hydrogen) atoms. The first-order chi connectivity index (χ1) is 17.3. The van der Waals surface area contributed by atoms with Gasteiger partial charge in [-0.3, -0.25) is 9.48 Å². The number of rotatable bonds is 8. The van der Waals surface area contributed by atoms with E-state index in [1.54, 1.807) is 17.8 Å². The lowest BCUT2D eigenvalue weighted by atomic mass is 9.92. The van der Waals surface area contributed by atoms with Gasteiger partial charge < -0.3 is 15.2 Å². The zero-order valence-electron chi connectivity index (χ0n) is 20.4. The lowest BCUT2D eigenvalue weighted by Gasteiger charge is -2.27.